The van der Waals surface area contributed by atoms with E-state index >= 15 is 0 Å². The fraction of sp³-hybridized carbons (Fsp3) is 0.875. The number of hydrogen-bond acceptors (Lipinski definition) is 2. The number of hydrogen-bond donors (Lipinski definition) is 2. The molecule has 4 nitrogen and oxygen atoms in total. The number of amides is 1. The zero-order valence-corrected chi connectivity index (χ0v) is 7.42. The molecule has 0 spiro atoms. The van der Waals surface area contributed by atoms with Gasteiger partial charge in [-0.2, -0.15) is 0 Å². The van der Waals surface area contributed by atoms with Crippen LogP contribution in [0, 0.1) is 5.92 Å². The minimum Gasteiger partial charge on any atom is -0.465 e. The maximum Gasteiger partial charge on any atom is 0.404 e. The highest BCUT2D eigenvalue weighted by molar-refractivity contribution is 5.64. The second-order valence-electron chi connectivity index (χ2n) is 3.46. The number of nitrogens with zero attached hydrogens (tertiary/aromatic N) is 1. The summed E-state index contributed by atoms with van der Waals surface area (Å²) in [6.07, 6.45) is 1.41. The molecule has 0 saturated carbocycles. The molecular weight excluding hydrogens is 156 g/mol. The second-order valence-corrected chi connectivity index (χ2v) is 3.46. The van der Waals surface area contributed by atoms with Crippen molar-refractivity contribution in [1.82, 2.24) is 10.2 Å². The lowest BCUT2D eigenvalue weighted by Crippen LogP contribution is -2.38. The third-order valence-corrected chi connectivity index (χ3v) is 2.26. The largest absolute Gasteiger partial charge is 0.465 e. The van der Waals surface area contributed by atoms with E-state index in [9.17, 15) is 4.79 Å². The Kier molecular flexibility index (Phi) is 3.34. The summed E-state index contributed by atoms with van der Waals surface area (Å²) < 4.78 is 0. The van der Waals surface area contributed by atoms with E-state index in [1.54, 1.807) is 0 Å². The summed E-state index contributed by atoms with van der Waals surface area (Å²) in [5.74, 6) is 0.500. The molecule has 70 valence electrons. The Hall–Kier alpha value is -0.770. The van der Waals surface area contributed by atoms with Gasteiger partial charge in [0.1, 0.15) is 0 Å². The van der Waals surface area contributed by atoms with E-state index < -0.39 is 6.09 Å². The van der Waals surface area contributed by atoms with Crippen LogP contribution >= 0.6 is 0 Å². The van der Waals surface area contributed by atoms with Crippen LogP contribution < -0.4 is 5.32 Å². The first-order valence-corrected chi connectivity index (χ1v) is 4.34. The average Bonchev–Trinajstić information content (AvgIpc) is 2.01. The molecule has 4 heteroatoms. The first-order chi connectivity index (χ1) is 5.68. The summed E-state index contributed by atoms with van der Waals surface area (Å²) in [5.41, 5.74) is 0. The van der Waals surface area contributed by atoms with Gasteiger partial charge in [0.15, 0.2) is 0 Å². The Bertz CT molecular complexity index is 161. The van der Waals surface area contributed by atoms with Crippen molar-refractivity contribution in [1.29, 1.82) is 0 Å². The lowest BCUT2D eigenvalue weighted by molar-refractivity contribution is 0.179. The van der Waals surface area contributed by atoms with Gasteiger partial charge in [-0.1, -0.05) is 0 Å². The van der Waals surface area contributed by atoms with E-state index in [2.05, 4.69) is 17.3 Å². The van der Waals surface area contributed by atoms with Gasteiger partial charge in [0.25, 0.3) is 0 Å². The van der Waals surface area contributed by atoms with Crippen molar-refractivity contribution in [3.8, 4) is 0 Å². The Labute approximate surface area is 72.6 Å². The average molecular weight is 172 g/mol. The first-order valence-electron chi connectivity index (χ1n) is 4.34. The van der Waals surface area contributed by atoms with Crippen LogP contribution in [0.2, 0.25) is 0 Å². The number of nitrogens with one attached hydrogen (secondary N) is 1. The molecule has 0 radical (unpaired) electrons. The van der Waals surface area contributed by atoms with Crippen molar-refractivity contribution in [2.24, 2.45) is 5.92 Å². The quantitative estimate of drug-likeness (QED) is 0.641. The predicted octanol–water partition coefficient (Wildman–Crippen LogP) is 0.596. The highest BCUT2D eigenvalue weighted by Crippen LogP contribution is 2.13. The highest BCUT2D eigenvalue weighted by atomic mass is 16.4. The van der Waals surface area contributed by atoms with Gasteiger partial charge in [-0.25, -0.2) is 4.79 Å². The van der Waals surface area contributed by atoms with Crippen LogP contribution in [-0.4, -0.2) is 42.8 Å². The van der Waals surface area contributed by atoms with E-state index in [0.29, 0.717) is 12.5 Å². The molecule has 1 fully saturated rings. The number of carbonyl (C=O) groups is 1. The van der Waals surface area contributed by atoms with E-state index in [1.165, 1.54) is 6.42 Å². The standard InChI is InChI=1S/C8H16N2O2/c1-10-4-2-3-7(6-10)5-9-8(11)12/h7,9H,2-6H2,1H3,(H,11,12)/t7-/m0/s1. The molecule has 0 aromatic carbocycles. The van der Waals surface area contributed by atoms with Gasteiger partial charge in [-0.3, -0.25) is 0 Å². The number of piperidine rings is 1. The van der Waals surface area contributed by atoms with E-state index in [-0.39, 0.29) is 0 Å². The van der Waals surface area contributed by atoms with E-state index in [0.717, 1.165) is 19.5 Å². The molecule has 1 saturated heterocycles. The van der Waals surface area contributed by atoms with Gasteiger partial charge in [-0.05, 0) is 32.4 Å². The molecule has 1 amide bonds. The Morgan fingerprint density at radius 1 is 1.75 bits per heavy atom. The van der Waals surface area contributed by atoms with Crippen LogP contribution in [0.1, 0.15) is 12.8 Å². The molecule has 0 bridgehead atoms. The summed E-state index contributed by atoms with van der Waals surface area (Å²) in [5, 5.41) is 10.8. The summed E-state index contributed by atoms with van der Waals surface area (Å²) in [6, 6.07) is 0. The second kappa shape index (κ2) is 4.30. The van der Waals surface area contributed by atoms with Crippen LogP contribution in [0.15, 0.2) is 0 Å². The summed E-state index contributed by atoms with van der Waals surface area (Å²) in [6.45, 7) is 2.75. The lowest BCUT2D eigenvalue weighted by atomic mass is 9.99. The van der Waals surface area contributed by atoms with Gasteiger partial charge in [0, 0.05) is 13.1 Å². The molecular formula is C8H16N2O2. The fourth-order valence-electron chi connectivity index (χ4n) is 1.67. The predicted molar refractivity (Wildman–Crippen MR) is 46.2 cm³/mol. The van der Waals surface area contributed by atoms with Crippen molar-refractivity contribution in [3.05, 3.63) is 0 Å². The fourth-order valence-corrected chi connectivity index (χ4v) is 1.67. The smallest absolute Gasteiger partial charge is 0.404 e. The van der Waals surface area contributed by atoms with Crippen molar-refractivity contribution < 1.29 is 9.90 Å². The normalized spacial score (nSPS) is 25.2. The molecule has 0 aromatic heterocycles. The van der Waals surface area contributed by atoms with Gasteiger partial charge in [0.05, 0.1) is 0 Å². The van der Waals surface area contributed by atoms with E-state index in [4.69, 9.17) is 5.11 Å². The topological polar surface area (TPSA) is 52.6 Å². The van der Waals surface area contributed by atoms with Crippen molar-refractivity contribution in [2.45, 2.75) is 12.8 Å². The number of carboxylic acid groups (broad SMARTS) is 1. The zero-order valence-electron chi connectivity index (χ0n) is 7.42. The number of rotatable bonds is 2. The molecule has 12 heavy (non-hydrogen) atoms. The molecule has 0 aliphatic carbocycles. The van der Waals surface area contributed by atoms with Crippen molar-refractivity contribution in [3.63, 3.8) is 0 Å². The van der Waals surface area contributed by atoms with Crippen molar-refractivity contribution >= 4 is 6.09 Å². The van der Waals surface area contributed by atoms with Gasteiger partial charge in [-0.15, -0.1) is 0 Å². The van der Waals surface area contributed by atoms with Crippen LogP contribution in [0.25, 0.3) is 0 Å². The molecule has 1 aliphatic rings. The maximum atomic E-state index is 10.2. The minimum absolute atomic E-state index is 0.500. The lowest BCUT2D eigenvalue weighted by Gasteiger charge is -2.29. The summed E-state index contributed by atoms with van der Waals surface area (Å²) >= 11 is 0. The molecule has 1 heterocycles. The summed E-state index contributed by atoms with van der Waals surface area (Å²) in [7, 11) is 2.08. The minimum atomic E-state index is -0.914. The van der Waals surface area contributed by atoms with Crippen LogP contribution in [0.5, 0.6) is 0 Å². The Balaban J connectivity index is 2.18. The van der Waals surface area contributed by atoms with Crippen LogP contribution in [0.4, 0.5) is 4.79 Å². The Morgan fingerprint density at radius 3 is 3.08 bits per heavy atom. The molecule has 1 rings (SSSR count). The van der Waals surface area contributed by atoms with Crippen LogP contribution in [0.3, 0.4) is 0 Å². The molecule has 0 unspecified atom stereocenters. The molecule has 0 aromatic rings. The van der Waals surface area contributed by atoms with E-state index in [1.807, 2.05) is 0 Å². The maximum absolute atomic E-state index is 10.2. The molecule has 1 aliphatic heterocycles. The number of likely N-dealkylation sites (tertiary alicyclic amines) is 1. The third-order valence-electron chi connectivity index (χ3n) is 2.26. The molecule has 1 atom stereocenters. The van der Waals surface area contributed by atoms with Crippen molar-refractivity contribution in [2.75, 3.05) is 26.7 Å². The van der Waals surface area contributed by atoms with Crippen LogP contribution in [-0.2, 0) is 0 Å². The monoisotopic (exact) mass is 172 g/mol. The first kappa shape index (κ1) is 9.32. The van der Waals surface area contributed by atoms with Gasteiger partial charge >= 0.3 is 6.09 Å². The SMILES string of the molecule is CN1CCC[C@@H](CNC(=O)O)C1. The van der Waals surface area contributed by atoms with Gasteiger partial charge in [0.2, 0.25) is 0 Å². The molecule has 2 N–H and O–H groups in total. The summed E-state index contributed by atoms with van der Waals surface area (Å²) in [4.78, 5) is 12.4. The third kappa shape index (κ3) is 3.09. The Morgan fingerprint density at radius 2 is 2.50 bits per heavy atom. The van der Waals surface area contributed by atoms with Gasteiger partial charge < -0.3 is 15.3 Å². The zero-order chi connectivity index (χ0) is 8.97. The highest BCUT2D eigenvalue weighted by Gasteiger charge is 2.17.